The Labute approximate surface area is 218 Å². The summed E-state index contributed by atoms with van der Waals surface area (Å²) >= 11 is 0. The molecule has 0 saturated carbocycles. The molecule has 1 spiro atoms. The van der Waals surface area contributed by atoms with Gasteiger partial charge in [-0.25, -0.2) is 13.2 Å². The number of nitrogens with one attached hydrogen (secondary N) is 1. The second kappa shape index (κ2) is 11.3. The van der Waals surface area contributed by atoms with E-state index in [1.807, 2.05) is 11.6 Å². The second-order valence-electron chi connectivity index (χ2n) is 10.3. The number of hydrogen-bond donors (Lipinski definition) is 1. The predicted octanol–water partition coefficient (Wildman–Crippen LogP) is 3.35. The molecule has 202 valence electrons. The molecule has 0 radical (unpaired) electrons. The highest BCUT2D eigenvalue weighted by atomic mass is 32.2. The summed E-state index contributed by atoms with van der Waals surface area (Å²) in [7, 11) is -3.38. The molecule has 1 fully saturated rings. The quantitative estimate of drug-likeness (QED) is 0.390. The molecule has 0 bridgehead atoms. The minimum absolute atomic E-state index is 0.00902. The van der Waals surface area contributed by atoms with Gasteiger partial charge < -0.3 is 14.8 Å². The topological polar surface area (TPSA) is 117 Å². The van der Waals surface area contributed by atoms with E-state index in [1.165, 1.54) is 24.3 Å². The van der Waals surface area contributed by atoms with Gasteiger partial charge in [-0.05, 0) is 89.0 Å². The summed E-state index contributed by atoms with van der Waals surface area (Å²) in [6.45, 7) is 8.20. The predicted molar refractivity (Wildman–Crippen MR) is 138 cm³/mol. The fraction of sp³-hybridized carbons (Fsp3) is 0.593. The number of aromatic nitrogens is 2. The van der Waals surface area contributed by atoms with Gasteiger partial charge >= 0.3 is 5.97 Å². The lowest BCUT2D eigenvalue weighted by Crippen LogP contribution is -2.40. The molecule has 1 saturated heterocycles. The first-order chi connectivity index (χ1) is 17.7. The Morgan fingerprint density at radius 3 is 2.54 bits per heavy atom. The Balaban J connectivity index is 1.34. The number of carbonyl (C=O) groups excluding carboxylic acids is 2. The number of hydrogen-bond acceptors (Lipinski definition) is 7. The van der Waals surface area contributed by atoms with E-state index in [2.05, 4.69) is 5.32 Å². The van der Waals surface area contributed by atoms with E-state index in [1.54, 1.807) is 13.8 Å². The van der Waals surface area contributed by atoms with Crippen LogP contribution in [-0.4, -0.2) is 61.7 Å². The summed E-state index contributed by atoms with van der Waals surface area (Å²) < 4.78 is 37.3. The van der Waals surface area contributed by atoms with E-state index in [0.717, 1.165) is 36.9 Å². The van der Waals surface area contributed by atoms with E-state index < -0.39 is 21.1 Å². The molecule has 0 atom stereocenters. The number of amides is 1. The fourth-order valence-corrected chi connectivity index (χ4v) is 6.12. The monoisotopic (exact) mass is 531 g/mol. The van der Waals surface area contributed by atoms with Crippen molar-refractivity contribution in [2.24, 2.45) is 5.41 Å². The highest BCUT2D eigenvalue weighted by Gasteiger charge is 2.39. The molecule has 2 aliphatic heterocycles. The van der Waals surface area contributed by atoms with Gasteiger partial charge in [-0.2, -0.15) is 5.10 Å². The van der Waals surface area contributed by atoms with Crippen LogP contribution < -0.4 is 5.32 Å². The molecule has 9 nitrogen and oxygen atoms in total. The summed E-state index contributed by atoms with van der Waals surface area (Å²) in [5.41, 5.74) is 3.01. The third-order valence-corrected chi connectivity index (χ3v) is 9.63. The normalized spacial score (nSPS) is 17.4. The Kier molecular flexibility index (Phi) is 8.38. The van der Waals surface area contributed by atoms with Crippen molar-refractivity contribution in [3.8, 4) is 0 Å². The zero-order valence-corrected chi connectivity index (χ0v) is 22.7. The van der Waals surface area contributed by atoms with Gasteiger partial charge in [-0.15, -0.1) is 0 Å². The van der Waals surface area contributed by atoms with Crippen LogP contribution in [0.2, 0.25) is 0 Å². The van der Waals surface area contributed by atoms with Crippen LogP contribution in [0.3, 0.4) is 0 Å². The van der Waals surface area contributed by atoms with Crippen molar-refractivity contribution < 1.29 is 27.5 Å². The van der Waals surface area contributed by atoms with Gasteiger partial charge in [0.15, 0.2) is 9.84 Å². The standard InChI is InChI=1S/C27H37N3O6S/c1-4-30-24-22(17-27(18-28-25(24)31)12-15-35-16-13-27)23(29-30)7-5-6-14-36-26(32)20-8-10-21(11-9-20)37(33,34)19(2)3/h8-11,19H,4-7,12-18H2,1-3H3,(H,28,31). The van der Waals surface area contributed by atoms with Gasteiger partial charge in [-0.1, -0.05) is 0 Å². The third-order valence-electron chi connectivity index (χ3n) is 7.46. The zero-order chi connectivity index (χ0) is 26.6. The van der Waals surface area contributed by atoms with Crippen molar-refractivity contribution in [3.05, 3.63) is 46.8 Å². The summed E-state index contributed by atoms with van der Waals surface area (Å²) in [5, 5.41) is 7.37. The minimum atomic E-state index is -3.38. The van der Waals surface area contributed by atoms with E-state index >= 15 is 0 Å². The smallest absolute Gasteiger partial charge is 0.338 e. The number of benzene rings is 1. The molecule has 0 unspecified atom stereocenters. The van der Waals surface area contributed by atoms with Gasteiger partial charge in [0.1, 0.15) is 5.69 Å². The zero-order valence-electron chi connectivity index (χ0n) is 21.9. The van der Waals surface area contributed by atoms with E-state index in [9.17, 15) is 18.0 Å². The minimum Gasteiger partial charge on any atom is -0.462 e. The summed E-state index contributed by atoms with van der Waals surface area (Å²) in [4.78, 5) is 25.5. The van der Waals surface area contributed by atoms with Crippen molar-refractivity contribution >= 4 is 21.7 Å². The van der Waals surface area contributed by atoms with Crippen LogP contribution in [0.4, 0.5) is 0 Å². The Bertz CT molecular complexity index is 1230. The van der Waals surface area contributed by atoms with Gasteiger partial charge in [0.05, 0.1) is 28.0 Å². The first-order valence-electron chi connectivity index (χ1n) is 13.1. The number of rotatable bonds is 9. The highest BCUT2D eigenvalue weighted by molar-refractivity contribution is 7.92. The lowest BCUT2D eigenvalue weighted by molar-refractivity contribution is 0.0160. The van der Waals surface area contributed by atoms with Crippen molar-refractivity contribution in [2.75, 3.05) is 26.4 Å². The molecule has 3 heterocycles. The van der Waals surface area contributed by atoms with E-state index in [0.29, 0.717) is 50.4 Å². The molecule has 0 aliphatic carbocycles. The van der Waals surface area contributed by atoms with Gasteiger partial charge in [0.25, 0.3) is 5.91 Å². The van der Waals surface area contributed by atoms with Crippen LogP contribution in [0.1, 0.15) is 78.6 Å². The van der Waals surface area contributed by atoms with E-state index in [4.69, 9.17) is 14.6 Å². The summed E-state index contributed by atoms with van der Waals surface area (Å²) in [6, 6.07) is 5.87. The summed E-state index contributed by atoms with van der Waals surface area (Å²) in [5.74, 6) is -0.532. The maximum Gasteiger partial charge on any atom is 0.338 e. The second-order valence-corrected chi connectivity index (χ2v) is 12.8. The molecule has 37 heavy (non-hydrogen) atoms. The van der Waals surface area contributed by atoms with E-state index in [-0.39, 0.29) is 22.8 Å². The molecule has 2 aromatic rings. The number of nitrogens with zero attached hydrogens (tertiary/aromatic N) is 2. The van der Waals surface area contributed by atoms with Crippen molar-refractivity contribution in [1.29, 1.82) is 0 Å². The first kappa shape index (κ1) is 27.3. The molecule has 1 N–H and O–H groups in total. The average molecular weight is 532 g/mol. The molecule has 1 aromatic carbocycles. The lowest BCUT2D eigenvalue weighted by Gasteiger charge is -2.36. The van der Waals surface area contributed by atoms with Crippen molar-refractivity contribution in [3.63, 3.8) is 0 Å². The number of carbonyl (C=O) groups is 2. The van der Waals surface area contributed by atoms with Gasteiger partial charge in [0.2, 0.25) is 0 Å². The van der Waals surface area contributed by atoms with Crippen molar-refractivity contribution in [2.45, 2.75) is 76.0 Å². The number of unbranched alkanes of at least 4 members (excludes halogenated alkanes) is 1. The molecule has 10 heteroatoms. The van der Waals surface area contributed by atoms with Gasteiger partial charge in [0, 0.05) is 31.9 Å². The lowest BCUT2D eigenvalue weighted by atomic mass is 9.75. The van der Waals surface area contributed by atoms with Crippen LogP contribution in [0.15, 0.2) is 29.2 Å². The van der Waals surface area contributed by atoms with Crippen LogP contribution >= 0.6 is 0 Å². The third kappa shape index (κ3) is 5.90. The number of aryl methyl sites for hydroxylation is 2. The van der Waals surface area contributed by atoms with Crippen LogP contribution in [0.25, 0.3) is 0 Å². The first-order valence-corrected chi connectivity index (χ1v) is 14.7. The molecular weight excluding hydrogens is 494 g/mol. The maximum atomic E-state index is 12.9. The highest BCUT2D eigenvalue weighted by Crippen LogP contribution is 2.38. The molecule has 4 rings (SSSR count). The largest absolute Gasteiger partial charge is 0.462 e. The Morgan fingerprint density at radius 1 is 1.19 bits per heavy atom. The SMILES string of the molecule is CCn1nc(CCCCOC(=O)c2ccc(S(=O)(=O)C(C)C)cc2)c2c1C(=O)NCC1(CCOCC1)C2. The molecule has 1 aromatic heterocycles. The van der Waals surface area contributed by atoms with Gasteiger partial charge in [-0.3, -0.25) is 9.48 Å². The van der Waals surface area contributed by atoms with Crippen LogP contribution in [0, 0.1) is 5.41 Å². The van der Waals surface area contributed by atoms with Crippen LogP contribution in [-0.2, 0) is 38.7 Å². The average Bonchev–Trinajstić information content (AvgIpc) is 3.17. The number of sulfone groups is 1. The molecular formula is C27H37N3O6S. The molecule has 1 amide bonds. The van der Waals surface area contributed by atoms with Crippen LogP contribution in [0.5, 0.6) is 0 Å². The fourth-order valence-electron chi connectivity index (χ4n) is 5.06. The summed E-state index contributed by atoms with van der Waals surface area (Å²) in [6.07, 6.45) is 4.79. The Hall–Kier alpha value is -2.72. The van der Waals surface area contributed by atoms with Crippen molar-refractivity contribution in [1.82, 2.24) is 15.1 Å². The number of esters is 1. The molecule has 2 aliphatic rings. The maximum absolute atomic E-state index is 12.9. The number of fused-ring (bicyclic) bond motifs is 1. The Morgan fingerprint density at radius 2 is 1.89 bits per heavy atom. The number of ether oxygens (including phenoxy) is 2.